The second-order valence-corrected chi connectivity index (χ2v) is 4.37. The van der Waals surface area contributed by atoms with Gasteiger partial charge in [0.15, 0.2) is 0 Å². The van der Waals surface area contributed by atoms with Gasteiger partial charge in [0.1, 0.15) is 0 Å². The molecule has 0 fully saturated rings. The third kappa shape index (κ3) is 14.5. The Morgan fingerprint density at radius 2 is 1.77 bits per heavy atom. The van der Waals surface area contributed by atoms with Gasteiger partial charge in [-0.1, -0.05) is 20.4 Å². The average molecular weight is 204 g/mol. The first-order valence-electron chi connectivity index (χ1n) is 4.63. The van der Waals surface area contributed by atoms with E-state index >= 15 is 0 Å². The maximum Gasteiger partial charge on any atom is 0.333 e. The molecule has 13 heavy (non-hydrogen) atoms. The van der Waals surface area contributed by atoms with Gasteiger partial charge in [-0.2, -0.15) is 0 Å². The minimum Gasteiger partial charge on any atom is -0.463 e. The van der Waals surface area contributed by atoms with E-state index in [0.29, 0.717) is 12.2 Å². The molecule has 0 aromatic rings. The zero-order valence-electron chi connectivity index (χ0n) is 9.14. The van der Waals surface area contributed by atoms with E-state index in [0.717, 1.165) is 0 Å². The summed E-state index contributed by atoms with van der Waals surface area (Å²) in [6, 6.07) is 0. The van der Waals surface area contributed by atoms with Crippen molar-refractivity contribution in [1.82, 2.24) is 0 Å². The fraction of sp³-hybridized carbons (Fsp3) is 0.700. The number of hydrogen-bond acceptors (Lipinski definition) is 2. The molecule has 0 aromatic heterocycles. The molecule has 0 atom stereocenters. The Labute approximate surface area is 83.5 Å². The number of carbonyl (C=O) groups excluding carboxylic acids is 1. The van der Waals surface area contributed by atoms with Crippen LogP contribution in [0, 0.1) is 0 Å². The van der Waals surface area contributed by atoms with E-state index in [9.17, 15) is 4.79 Å². The molecule has 0 saturated carbocycles. The molecule has 0 bridgehead atoms. The van der Waals surface area contributed by atoms with E-state index in [4.69, 9.17) is 0 Å². The summed E-state index contributed by atoms with van der Waals surface area (Å²) < 4.78 is 4.56. The molecule has 0 aliphatic carbocycles. The van der Waals surface area contributed by atoms with E-state index in [-0.39, 0.29) is 5.97 Å². The molecule has 0 heterocycles. The lowest BCUT2D eigenvalue weighted by molar-refractivity contribution is -0.138. The summed E-state index contributed by atoms with van der Waals surface area (Å²) in [6.07, 6.45) is 2.74. The standard InChI is InChI=1S/C6H10O2.C4H11P/c1-4-8-6(7)5(2)3;1-3-5-4-2/h2,4H2,1,3H3;5H,3-4H2,1-2H3. The number of rotatable bonds is 4. The van der Waals surface area contributed by atoms with Crippen molar-refractivity contribution < 1.29 is 9.53 Å². The maximum atomic E-state index is 10.4. The second-order valence-electron chi connectivity index (χ2n) is 2.46. The normalized spacial score (nSPS) is 8.31. The van der Waals surface area contributed by atoms with Gasteiger partial charge in [0.25, 0.3) is 0 Å². The Hall–Kier alpha value is -0.360. The second kappa shape index (κ2) is 11.6. The van der Waals surface area contributed by atoms with Crippen molar-refractivity contribution in [1.29, 1.82) is 0 Å². The summed E-state index contributed by atoms with van der Waals surface area (Å²) in [5.41, 5.74) is 0.451. The summed E-state index contributed by atoms with van der Waals surface area (Å²) in [4.78, 5) is 10.4. The van der Waals surface area contributed by atoms with Gasteiger partial charge in [-0.25, -0.2) is 4.79 Å². The van der Waals surface area contributed by atoms with E-state index in [1.54, 1.807) is 13.8 Å². The van der Waals surface area contributed by atoms with Crippen LogP contribution in [-0.2, 0) is 9.53 Å². The molecule has 0 rings (SSSR count). The van der Waals surface area contributed by atoms with Gasteiger partial charge >= 0.3 is 5.97 Å². The average Bonchev–Trinajstić information content (AvgIpc) is 2.07. The molecule has 78 valence electrons. The first-order chi connectivity index (χ1) is 6.09. The first-order valence-corrected chi connectivity index (χ1v) is 6.04. The predicted octanol–water partition coefficient (Wildman–Crippen LogP) is 2.83. The highest BCUT2D eigenvalue weighted by Gasteiger charge is 1.98. The van der Waals surface area contributed by atoms with Crippen LogP contribution in [0.4, 0.5) is 0 Å². The lowest BCUT2D eigenvalue weighted by atomic mass is 10.4. The smallest absolute Gasteiger partial charge is 0.333 e. The van der Waals surface area contributed by atoms with Crippen LogP contribution in [0.5, 0.6) is 0 Å². The van der Waals surface area contributed by atoms with E-state index in [2.05, 4.69) is 25.2 Å². The van der Waals surface area contributed by atoms with Gasteiger partial charge in [-0.3, -0.25) is 0 Å². The van der Waals surface area contributed by atoms with Gasteiger partial charge in [0.2, 0.25) is 0 Å². The van der Waals surface area contributed by atoms with Gasteiger partial charge in [0, 0.05) is 5.57 Å². The fourth-order valence-corrected chi connectivity index (χ4v) is 1.00. The summed E-state index contributed by atoms with van der Waals surface area (Å²) in [5.74, 6) is -0.312. The summed E-state index contributed by atoms with van der Waals surface area (Å²) in [5, 5.41) is 0. The van der Waals surface area contributed by atoms with E-state index < -0.39 is 0 Å². The van der Waals surface area contributed by atoms with Crippen molar-refractivity contribution in [2.75, 3.05) is 18.9 Å². The Morgan fingerprint density at radius 3 is 1.85 bits per heavy atom. The van der Waals surface area contributed by atoms with Gasteiger partial charge in [-0.05, 0) is 26.2 Å². The molecule has 0 aliphatic rings. The van der Waals surface area contributed by atoms with Crippen molar-refractivity contribution in [2.24, 2.45) is 0 Å². The number of carbonyl (C=O) groups is 1. The Bertz CT molecular complexity index is 142. The highest BCUT2D eigenvalue weighted by atomic mass is 31.1. The topological polar surface area (TPSA) is 26.3 Å². The molecule has 0 radical (unpaired) electrons. The quantitative estimate of drug-likeness (QED) is 0.400. The van der Waals surface area contributed by atoms with Crippen LogP contribution in [-0.4, -0.2) is 24.9 Å². The van der Waals surface area contributed by atoms with Crippen LogP contribution in [0.3, 0.4) is 0 Å². The van der Waals surface area contributed by atoms with Crippen molar-refractivity contribution in [2.45, 2.75) is 27.7 Å². The SMILES string of the molecule is C=C(C)C(=O)OCC.CCPCC. The van der Waals surface area contributed by atoms with Crippen LogP contribution >= 0.6 is 8.58 Å². The zero-order valence-corrected chi connectivity index (χ0v) is 10.1. The molecule has 0 saturated heterocycles. The lowest BCUT2D eigenvalue weighted by Gasteiger charge is -1.96. The van der Waals surface area contributed by atoms with E-state index in [1.165, 1.54) is 20.9 Å². The number of ether oxygens (including phenoxy) is 1. The Balaban J connectivity index is 0. The largest absolute Gasteiger partial charge is 0.463 e. The number of esters is 1. The van der Waals surface area contributed by atoms with Crippen molar-refractivity contribution in [3.8, 4) is 0 Å². The van der Waals surface area contributed by atoms with E-state index in [1.807, 2.05) is 0 Å². The van der Waals surface area contributed by atoms with Crippen LogP contribution in [0.1, 0.15) is 27.7 Å². The van der Waals surface area contributed by atoms with Gasteiger partial charge in [0.05, 0.1) is 6.61 Å². The van der Waals surface area contributed by atoms with Crippen LogP contribution < -0.4 is 0 Å². The molecule has 0 amide bonds. The predicted molar refractivity (Wildman–Crippen MR) is 60.8 cm³/mol. The third-order valence-corrected chi connectivity index (χ3v) is 2.12. The monoisotopic (exact) mass is 204 g/mol. The zero-order chi connectivity index (χ0) is 10.7. The number of hydrogen-bond donors (Lipinski definition) is 0. The minimum atomic E-state index is -0.312. The molecule has 0 N–H and O–H groups in total. The van der Waals surface area contributed by atoms with Crippen molar-refractivity contribution >= 4 is 14.6 Å². The summed E-state index contributed by atoms with van der Waals surface area (Å²) >= 11 is 0. The molecule has 0 unspecified atom stereocenters. The maximum absolute atomic E-state index is 10.4. The molecule has 3 heteroatoms. The Kier molecular flexibility index (Phi) is 13.5. The van der Waals surface area contributed by atoms with Gasteiger partial charge in [-0.15, -0.1) is 8.58 Å². The lowest BCUT2D eigenvalue weighted by Crippen LogP contribution is -2.03. The fourth-order valence-electron chi connectivity index (χ4n) is 0.504. The molecule has 0 spiro atoms. The molecule has 2 nitrogen and oxygen atoms in total. The molecular weight excluding hydrogens is 183 g/mol. The highest BCUT2D eigenvalue weighted by Crippen LogP contribution is 2.03. The molecular formula is C10H21O2P. The third-order valence-electron chi connectivity index (χ3n) is 1.12. The van der Waals surface area contributed by atoms with Crippen LogP contribution in [0.25, 0.3) is 0 Å². The minimum absolute atomic E-state index is 0.312. The van der Waals surface area contributed by atoms with Crippen LogP contribution in [0.2, 0.25) is 0 Å². The molecule has 0 aliphatic heterocycles. The summed E-state index contributed by atoms with van der Waals surface area (Å²) in [6.45, 7) is 11.7. The molecule has 0 aromatic carbocycles. The highest BCUT2D eigenvalue weighted by molar-refractivity contribution is 7.37. The first kappa shape index (κ1) is 15.1. The van der Waals surface area contributed by atoms with Crippen molar-refractivity contribution in [3.63, 3.8) is 0 Å². The summed E-state index contributed by atoms with van der Waals surface area (Å²) in [7, 11) is 1.20. The van der Waals surface area contributed by atoms with Crippen molar-refractivity contribution in [3.05, 3.63) is 12.2 Å². The Morgan fingerprint density at radius 1 is 1.31 bits per heavy atom. The van der Waals surface area contributed by atoms with Gasteiger partial charge < -0.3 is 4.74 Å². The van der Waals surface area contributed by atoms with Crippen LogP contribution in [0.15, 0.2) is 12.2 Å².